The van der Waals surface area contributed by atoms with Gasteiger partial charge in [0.25, 0.3) is 12.9 Å². The van der Waals surface area contributed by atoms with Crippen LogP contribution in [-0.4, -0.2) is 18.9 Å². The minimum atomic E-state index is -0.310. The van der Waals surface area contributed by atoms with Crippen molar-refractivity contribution in [2.45, 2.75) is 32.1 Å². The lowest BCUT2D eigenvalue weighted by Crippen LogP contribution is -2.22. The first kappa shape index (κ1) is 15.0. The highest BCUT2D eigenvalue weighted by Gasteiger charge is 2.23. The molecule has 0 atom stereocenters. The van der Waals surface area contributed by atoms with Crippen molar-refractivity contribution in [3.05, 3.63) is 18.2 Å². The lowest BCUT2D eigenvalue weighted by Gasteiger charge is -2.19. The quantitative estimate of drug-likeness (QED) is 0.454. The zero-order valence-corrected chi connectivity index (χ0v) is 11.4. The Bertz CT molecular complexity index is 491. The number of benzene rings is 1. The molecule has 0 N–H and O–H groups in total. The first-order valence-electron chi connectivity index (χ1n) is 6.80. The molecule has 1 aromatic carbocycles. The molecule has 1 aliphatic carbocycles. The van der Waals surface area contributed by atoms with Crippen molar-refractivity contribution in [2.24, 2.45) is 5.92 Å². The third kappa shape index (κ3) is 4.30. The van der Waals surface area contributed by atoms with Crippen LogP contribution in [0.15, 0.2) is 18.2 Å². The van der Waals surface area contributed by atoms with Gasteiger partial charge in [-0.05, 0) is 12.8 Å². The summed E-state index contributed by atoms with van der Waals surface area (Å²) in [7, 11) is 0. The van der Waals surface area contributed by atoms with Crippen LogP contribution < -0.4 is 14.2 Å². The van der Waals surface area contributed by atoms with Gasteiger partial charge in [0.05, 0.1) is 5.92 Å². The van der Waals surface area contributed by atoms with Crippen LogP contribution in [0.5, 0.6) is 17.2 Å². The summed E-state index contributed by atoms with van der Waals surface area (Å²) < 4.78 is 14.7. The van der Waals surface area contributed by atoms with Crippen molar-refractivity contribution in [1.82, 2.24) is 0 Å². The topological polar surface area (TPSA) is 78.9 Å². The van der Waals surface area contributed by atoms with E-state index in [0.717, 1.165) is 32.1 Å². The number of carbonyl (C=O) groups excluding carboxylic acids is 3. The average molecular weight is 292 g/mol. The van der Waals surface area contributed by atoms with Crippen molar-refractivity contribution in [1.29, 1.82) is 0 Å². The van der Waals surface area contributed by atoms with Crippen molar-refractivity contribution >= 4 is 18.9 Å². The van der Waals surface area contributed by atoms with Crippen LogP contribution in [0.3, 0.4) is 0 Å². The fraction of sp³-hybridized carbons (Fsp3) is 0.400. The van der Waals surface area contributed by atoms with E-state index in [4.69, 9.17) is 14.2 Å². The molecule has 0 heterocycles. The highest BCUT2D eigenvalue weighted by molar-refractivity contribution is 5.75. The molecule has 6 heteroatoms. The van der Waals surface area contributed by atoms with E-state index in [2.05, 4.69) is 0 Å². The van der Waals surface area contributed by atoms with Crippen molar-refractivity contribution in [2.75, 3.05) is 0 Å². The van der Waals surface area contributed by atoms with E-state index in [-0.39, 0.29) is 42.1 Å². The summed E-state index contributed by atoms with van der Waals surface area (Å²) in [5, 5.41) is 0. The number of carbonyl (C=O) groups is 3. The maximum atomic E-state index is 12.1. The summed E-state index contributed by atoms with van der Waals surface area (Å²) in [4.78, 5) is 32.8. The lowest BCUT2D eigenvalue weighted by molar-refractivity contribution is -0.140. The SMILES string of the molecule is O=COc1cc(OC=O)cc(OC(=O)C2CCCCC2)c1. The Balaban J connectivity index is 2.11. The minimum absolute atomic E-state index is 0.107. The maximum Gasteiger partial charge on any atom is 0.314 e. The molecule has 21 heavy (non-hydrogen) atoms. The lowest BCUT2D eigenvalue weighted by atomic mass is 9.89. The van der Waals surface area contributed by atoms with Gasteiger partial charge in [-0.15, -0.1) is 0 Å². The molecule has 2 rings (SSSR count). The number of hydrogen-bond donors (Lipinski definition) is 0. The van der Waals surface area contributed by atoms with Crippen LogP contribution in [0.25, 0.3) is 0 Å². The molecule has 0 aliphatic heterocycles. The first-order chi connectivity index (χ1) is 10.2. The fourth-order valence-corrected chi connectivity index (χ4v) is 2.39. The Kier molecular flexibility index (Phi) is 5.31. The average Bonchev–Trinajstić information content (AvgIpc) is 2.48. The maximum absolute atomic E-state index is 12.1. The molecule has 1 aromatic rings. The van der Waals surface area contributed by atoms with Crippen LogP contribution in [-0.2, 0) is 14.4 Å². The third-order valence-electron chi connectivity index (χ3n) is 3.38. The Morgan fingerprint density at radius 3 is 1.95 bits per heavy atom. The van der Waals surface area contributed by atoms with Gasteiger partial charge < -0.3 is 14.2 Å². The Hall–Kier alpha value is -2.37. The molecule has 0 bridgehead atoms. The molecule has 0 aromatic heterocycles. The van der Waals surface area contributed by atoms with Gasteiger partial charge in [0.2, 0.25) is 0 Å². The van der Waals surface area contributed by atoms with Crippen LogP contribution in [0.1, 0.15) is 32.1 Å². The largest absolute Gasteiger partial charge is 0.428 e. The molecule has 0 saturated heterocycles. The molecule has 6 nitrogen and oxygen atoms in total. The Morgan fingerprint density at radius 2 is 1.43 bits per heavy atom. The van der Waals surface area contributed by atoms with E-state index in [1.165, 1.54) is 18.2 Å². The molecular formula is C15H16O6. The van der Waals surface area contributed by atoms with E-state index in [1.54, 1.807) is 0 Å². The van der Waals surface area contributed by atoms with Crippen molar-refractivity contribution in [3.63, 3.8) is 0 Å². The predicted octanol–water partition coefficient (Wildman–Crippen LogP) is 2.24. The van der Waals surface area contributed by atoms with Gasteiger partial charge in [0.15, 0.2) is 0 Å². The second-order valence-corrected chi connectivity index (χ2v) is 4.82. The molecule has 0 amide bonds. The van der Waals surface area contributed by atoms with Crippen molar-refractivity contribution < 1.29 is 28.6 Å². The van der Waals surface area contributed by atoms with Crippen LogP contribution >= 0.6 is 0 Å². The van der Waals surface area contributed by atoms with Gasteiger partial charge in [0.1, 0.15) is 17.2 Å². The number of hydrogen-bond acceptors (Lipinski definition) is 6. The smallest absolute Gasteiger partial charge is 0.314 e. The zero-order valence-electron chi connectivity index (χ0n) is 11.4. The minimum Gasteiger partial charge on any atom is -0.428 e. The summed E-state index contributed by atoms with van der Waals surface area (Å²) in [6, 6.07) is 4.14. The molecule has 0 spiro atoms. The first-order valence-corrected chi connectivity index (χ1v) is 6.80. The zero-order chi connectivity index (χ0) is 15.1. The van der Waals surface area contributed by atoms with E-state index < -0.39 is 0 Å². The van der Waals surface area contributed by atoms with Gasteiger partial charge in [-0.25, -0.2) is 0 Å². The molecular weight excluding hydrogens is 276 g/mol. The fourth-order valence-electron chi connectivity index (χ4n) is 2.39. The van der Waals surface area contributed by atoms with E-state index >= 15 is 0 Å². The van der Waals surface area contributed by atoms with Gasteiger partial charge >= 0.3 is 5.97 Å². The van der Waals surface area contributed by atoms with Gasteiger partial charge in [0, 0.05) is 18.2 Å². The molecule has 1 aliphatic rings. The summed E-state index contributed by atoms with van der Waals surface area (Å²) in [6.45, 7) is 0.486. The van der Waals surface area contributed by atoms with Gasteiger partial charge in [-0.3, -0.25) is 14.4 Å². The van der Waals surface area contributed by atoms with E-state index in [1.807, 2.05) is 0 Å². The second kappa shape index (κ2) is 7.42. The predicted molar refractivity (Wildman–Crippen MR) is 72.0 cm³/mol. The second-order valence-electron chi connectivity index (χ2n) is 4.82. The van der Waals surface area contributed by atoms with E-state index in [9.17, 15) is 14.4 Å². The van der Waals surface area contributed by atoms with E-state index in [0.29, 0.717) is 0 Å². The Labute approximate surface area is 122 Å². The summed E-state index contributed by atoms with van der Waals surface area (Å²) in [6.07, 6.45) is 4.83. The van der Waals surface area contributed by atoms with Gasteiger partial charge in [-0.2, -0.15) is 0 Å². The highest BCUT2D eigenvalue weighted by Crippen LogP contribution is 2.30. The molecule has 112 valence electrons. The van der Waals surface area contributed by atoms with Crippen LogP contribution in [0.4, 0.5) is 0 Å². The standard InChI is InChI=1S/C15H16O6/c16-9-19-12-6-13(20-10-17)8-14(7-12)21-15(18)11-4-2-1-3-5-11/h6-11H,1-5H2. The third-order valence-corrected chi connectivity index (χ3v) is 3.38. The number of rotatable bonds is 6. The molecule has 1 fully saturated rings. The highest BCUT2D eigenvalue weighted by atomic mass is 16.5. The molecule has 0 radical (unpaired) electrons. The van der Waals surface area contributed by atoms with Gasteiger partial charge in [-0.1, -0.05) is 19.3 Å². The molecule has 0 unspecified atom stereocenters. The number of ether oxygens (including phenoxy) is 3. The summed E-state index contributed by atoms with van der Waals surface area (Å²) in [5.74, 6) is 0.0354. The Morgan fingerprint density at radius 1 is 0.905 bits per heavy atom. The normalized spacial score (nSPS) is 15.0. The van der Waals surface area contributed by atoms with Crippen LogP contribution in [0.2, 0.25) is 0 Å². The van der Waals surface area contributed by atoms with Crippen molar-refractivity contribution in [3.8, 4) is 17.2 Å². The summed E-state index contributed by atoms with van der Waals surface area (Å²) >= 11 is 0. The molecule has 1 saturated carbocycles. The number of esters is 1. The summed E-state index contributed by atoms with van der Waals surface area (Å²) in [5.41, 5.74) is 0. The van der Waals surface area contributed by atoms with Crippen LogP contribution in [0, 0.1) is 5.92 Å². The monoisotopic (exact) mass is 292 g/mol.